The van der Waals surface area contributed by atoms with Gasteiger partial charge in [0.1, 0.15) is 0 Å². The number of rotatable bonds is 8. The summed E-state index contributed by atoms with van der Waals surface area (Å²) >= 11 is 0. The van der Waals surface area contributed by atoms with Crippen molar-refractivity contribution in [3.8, 4) is 11.1 Å². The molecule has 26 heavy (non-hydrogen) atoms. The van der Waals surface area contributed by atoms with Crippen LogP contribution in [-0.2, 0) is 24.0 Å². The molecule has 0 fully saturated rings. The summed E-state index contributed by atoms with van der Waals surface area (Å²) in [6.07, 6.45) is 6.42. The summed E-state index contributed by atoms with van der Waals surface area (Å²) in [7, 11) is 0. The molecule has 0 bridgehead atoms. The van der Waals surface area contributed by atoms with E-state index in [4.69, 9.17) is 4.74 Å². The zero-order valence-corrected chi connectivity index (χ0v) is 15.6. The van der Waals surface area contributed by atoms with Gasteiger partial charge in [-0.2, -0.15) is 0 Å². The minimum atomic E-state index is 0.772. The van der Waals surface area contributed by atoms with Crippen molar-refractivity contribution in [3.63, 3.8) is 0 Å². The highest BCUT2D eigenvalue weighted by molar-refractivity contribution is 5.68. The van der Waals surface area contributed by atoms with Crippen LogP contribution in [0.3, 0.4) is 0 Å². The summed E-state index contributed by atoms with van der Waals surface area (Å²) in [5.41, 5.74) is 7.16. The first-order valence-corrected chi connectivity index (χ1v) is 9.35. The van der Waals surface area contributed by atoms with E-state index in [-0.39, 0.29) is 0 Å². The first-order chi connectivity index (χ1) is 12.8. The van der Waals surface area contributed by atoms with Gasteiger partial charge in [0.05, 0.1) is 12.3 Å². The Labute approximate surface area is 156 Å². The highest BCUT2D eigenvalue weighted by atomic mass is 16.5. The van der Waals surface area contributed by atoms with Gasteiger partial charge < -0.3 is 4.74 Å². The Morgan fingerprint density at radius 3 is 2.04 bits per heavy atom. The number of aromatic nitrogens is 2. The third kappa shape index (κ3) is 4.55. The molecule has 3 rings (SSSR count). The monoisotopic (exact) mass is 346 g/mol. The Morgan fingerprint density at radius 2 is 1.38 bits per heavy atom. The molecule has 0 spiro atoms. The number of benzene rings is 1. The molecular weight excluding hydrogens is 320 g/mol. The SMILES string of the molecule is CCOCCc1ccc(Cc2ncccc2-c2cccnc2CC)cc1. The lowest BCUT2D eigenvalue weighted by Crippen LogP contribution is -2.00. The van der Waals surface area contributed by atoms with Gasteiger partial charge in [0.15, 0.2) is 0 Å². The van der Waals surface area contributed by atoms with Gasteiger partial charge in [-0.05, 0) is 43.0 Å². The van der Waals surface area contributed by atoms with Crippen molar-refractivity contribution in [3.05, 3.63) is 83.4 Å². The molecule has 134 valence electrons. The third-order valence-corrected chi connectivity index (χ3v) is 4.54. The van der Waals surface area contributed by atoms with Crippen molar-refractivity contribution < 1.29 is 4.74 Å². The van der Waals surface area contributed by atoms with Gasteiger partial charge in [-0.1, -0.05) is 43.3 Å². The van der Waals surface area contributed by atoms with Gasteiger partial charge in [0, 0.05) is 42.2 Å². The molecule has 0 N–H and O–H groups in total. The molecule has 0 radical (unpaired) electrons. The minimum absolute atomic E-state index is 0.772. The van der Waals surface area contributed by atoms with E-state index in [1.165, 1.54) is 22.3 Å². The number of pyridine rings is 2. The minimum Gasteiger partial charge on any atom is -0.381 e. The van der Waals surface area contributed by atoms with Crippen LogP contribution in [0.15, 0.2) is 60.9 Å². The van der Waals surface area contributed by atoms with Gasteiger partial charge in [0.2, 0.25) is 0 Å². The summed E-state index contributed by atoms with van der Waals surface area (Å²) in [4.78, 5) is 9.19. The van der Waals surface area contributed by atoms with Crippen LogP contribution in [0.2, 0.25) is 0 Å². The molecule has 0 atom stereocenters. The number of aryl methyl sites for hydroxylation is 1. The fraction of sp³-hybridized carbons (Fsp3) is 0.304. The fourth-order valence-corrected chi connectivity index (χ4v) is 3.14. The molecule has 2 heterocycles. The normalized spacial score (nSPS) is 10.8. The van der Waals surface area contributed by atoms with Gasteiger partial charge in [-0.15, -0.1) is 0 Å². The van der Waals surface area contributed by atoms with Crippen LogP contribution in [0.1, 0.15) is 36.4 Å². The molecule has 0 saturated heterocycles. The van der Waals surface area contributed by atoms with Gasteiger partial charge in [0.25, 0.3) is 0 Å². The molecule has 2 aromatic heterocycles. The zero-order chi connectivity index (χ0) is 18.2. The Bertz CT molecular complexity index is 828. The van der Waals surface area contributed by atoms with Crippen LogP contribution in [0.4, 0.5) is 0 Å². The van der Waals surface area contributed by atoms with Crippen LogP contribution in [-0.4, -0.2) is 23.2 Å². The van der Waals surface area contributed by atoms with Crippen molar-refractivity contribution in [2.45, 2.75) is 33.1 Å². The van der Waals surface area contributed by atoms with Crippen molar-refractivity contribution in [1.29, 1.82) is 0 Å². The molecule has 0 aliphatic heterocycles. The van der Waals surface area contributed by atoms with Gasteiger partial charge >= 0.3 is 0 Å². The Morgan fingerprint density at radius 1 is 0.769 bits per heavy atom. The van der Waals surface area contributed by atoms with Crippen molar-refractivity contribution in [1.82, 2.24) is 9.97 Å². The van der Waals surface area contributed by atoms with E-state index in [0.29, 0.717) is 0 Å². The standard InChI is InChI=1S/C23H26N2O/c1-3-22-20(7-5-14-24-22)21-8-6-15-25-23(21)17-19-11-9-18(10-12-19)13-16-26-4-2/h5-12,14-15H,3-4,13,16-17H2,1-2H3. The Hall–Kier alpha value is -2.52. The summed E-state index contributed by atoms with van der Waals surface area (Å²) in [5, 5.41) is 0. The van der Waals surface area contributed by atoms with Crippen LogP contribution < -0.4 is 0 Å². The van der Waals surface area contributed by atoms with Crippen molar-refractivity contribution >= 4 is 0 Å². The average molecular weight is 346 g/mol. The molecule has 0 saturated carbocycles. The number of nitrogens with zero attached hydrogens (tertiary/aromatic N) is 2. The highest BCUT2D eigenvalue weighted by Crippen LogP contribution is 2.26. The first-order valence-electron chi connectivity index (χ1n) is 9.35. The lowest BCUT2D eigenvalue weighted by molar-refractivity contribution is 0.151. The predicted molar refractivity (Wildman–Crippen MR) is 106 cm³/mol. The van der Waals surface area contributed by atoms with E-state index in [9.17, 15) is 0 Å². The fourth-order valence-electron chi connectivity index (χ4n) is 3.14. The smallest absolute Gasteiger partial charge is 0.0526 e. The number of hydrogen-bond donors (Lipinski definition) is 0. The number of ether oxygens (including phenoxy) is 1. The maximum atomic E-state index is 5.43. The second-order valence-corrected chi connectivity index (χ2v) is 6.29. The second-order valence-electron chi connectivity index (χ2n) is 6.29. The Balaban J connectivity index is 1.81. The first kappa shape index (κ1) is 18.3. The summed E-state index contributed by atoms with van der Waals surface area (Å²) in [6, 6.07) is 17.1. The molecule has 0 aliphatic rings. The summed E-state index contributed by atoms with van der Waals surface area (Å²) in [6.45, 7) is 5.72. The lowest BCUT2D eigenvalue weighted by Gasteiger charge is -2.12. The molecule has 3 nitrogen and oxygen atoms in total. The maximum absolute atomic E-state index is 5.43. The lowest BCUT2D eigenvalue weighted by atomic mass is 9.97. The molecule has 3 aromatic rings. The van der Waals surface area contributed by atoms with Crippen molar-refractivity contribution in [2.75, 3.05) is 13.2 Å². The molecular formula is C23H26N2O. The van der Waals surface area contributed by atoms with Crippen LogP contribution >= 0.6 is 0 Å². The van der Waals surface area contributed by atoms with E-state index in [0.717, 1.165) is 43.9 Å². The van der Waals surface area contributed by atoms with Gasteiger partial charge in [-0.3, -0.25) is 9.97 Å². The summed E-state index contributed by atoms with van der Waals surface area (Å²) in [5.74, 6) is 0. The van der Waals surface area contributed by atoms with Gasteiger partial charge in [-0.25, -0.2) is 0 Å². The molecule has 0 aliphatic carbocycles. The zero-order valence-electron chi connectivity index (χ0n) is 15.6. The summed E-state index contributed by atoms with van der Waals surface area (Å²) < 4.78 is 5.43. The molecule has 1 aromatic carbocycles. The van der Waals surface area contributed by atoms with E-state index >= 15 is 0 Å². The largest absolute Gasteiger partial charge is 0.381 e. The molecule has 3 heteroatoms. The van der Waals surface area contributed by atoms with Crippen LogP contribution in [0.5, 0.6) is 0 Å². The molecule has 0 amide bonds. The van der Waals surface area contributed by atoms with E-state index in [2.05, 4.69) is 53.3 Å². The average Bonchev–Trinajstić information content (AvgIpc) is 2.70. The van der Waals surface area contributed by atoms with Crippen LogP contribution in [0, 0.1) is 0 Å². The van der Waals surface area contributed by atoms with Crippen LogP contribution in [0.25, 0.3) is 11.1 Å². The third-order valence-electron chi connectivity index (χ3n) is 4.54. The van der Waals surface area contributed by atoms with Crippen molar-refractivity contribution in [2.24, 2.45) is 0 Å². The van der Waals surface area contributed by atoms with E-state index in [1.807, 2.05) is 31.5 Å². The van der Waals surface area contributed by atoms with E-state index < -0.39 is 0 Å². The second kappa shape index (κ2) is 9.25. The van der Waals surface area contributed by atoms with E-state index in [1.54, 1.807) is 0 Å². The maximum Gasteiger partial charge on any atom is 0.0526 e. The molecule has 0 unspecified atom stereocenters. The highest BCUT2D eigenvalue weighted by Gasteiger charge is 2.11. The quantitative estimate of drug-likeness (QED) is 0.546. The topological polar surface area (TPSA) is 35.0 Å². The number of hydrogen-bond acceptors (Lipinski definition) is 3. The Kier molecular flexibility index (Phi) is 6.50. The predicted octanol–water partition coefficient (Wildman–Crippen LogP) is 4.88.